The predicted molar refractivity (Wildman–Crippen MR) is 103 cm³/mol. The van der Waals surface area contributed by atoms with Gasteiger partial charge >= 0.3 is 0 Å². The molecule has 0 aliphatic carbocycles. The number of methoxy groups -OCH3 is 1. The van der Waals surface area contributed by atoms with Crippen molar-refractivity contribution < 1.29 is 9.53 Å². The highest BCUT2D eigenvalue weighted by atomic mass is 16.5. The second kappa shape index (κ2) is 8.16. The molecule has 0 bridgehead atoms. The number of aryl methyl sites for hydroxylation is 1. The molecule has 2 aromatic carbocycles. The molecule has 0 atom stereocenters. The average Bonchev–Trinajstić information content (AvgIpc) is 3.08. The van der Waals surface area contributed by atoms with Crippen LogP contribution in [-0.4, -0.2) is 22.8 Å². The summed E-state index contributed by atoms with van der Waals surface area (Å²) in [5.74, 6) is 0.415. The van der Waals surface area contributed by atoms with Gasteiger partial charge in [0.2, 0.25) is 5.91 Å². The Hall–Kier alpha value is -3.34. The fourth-order valence-corrected chi connectivity index (χ4v) is 2.59. The van der Waals surface area contributed by atoms with Gasteiger partial charge in [-0.25, -0.2) is 0 Å². The highest BCUT2D eigenvalue weighted by molar-refractivity contribution is 6.02. The Morgan fingerprint density at radius 3 is 2.81 bits per heavy atom. The Morgan fingerprint density at radius 1 is 1.23 bits per heavy atom. The lowest BCUT2D eigenvalue weighted by molar-refractivity contribution is -0.111. The molecular weight excluding hydrogens is 326 g/mol. The molecule has 132 valence electrons. The summed E-state index contributed by atoms with van der Waals surface area (Å²) in [7, 11) is 1.58. The van der Waals surface area contributed by atoms with E-state index in [9.17, 15) is 4.79 Å². The minimum Gasteiger partial charge on any atom is -0.495 e. The van der Waals surface area contributed by atoms with Crippen molar-refractivity contribution in [1.29, 1.82) is 0 Å². The number of hydrogen-bond donors (Lipinski definition) is 1. The lowest BCUT2D eigenvalue weighted by atomic mass is 10.2. The van der Waals surface area contributed by atoms with E-state index in [0.717, 1.165) is 11.1 Å². The van der Waals surface area contributed by atoms with E-state index in [1.54, 1.807) is 19.4 Å². The zero-order valence-corrected chi connectivity index (χ0v) is 14.8. The van der Waals surface area contributed by atoms with Crippen LogP contribution in [0.5, 0.6) is 5.75 Å². The van der Waals surface area contributed by atoms with E-state index in [1.165, 1.54) is 11.6 Å². The minimum atomic E-state index is -0.218. The third kappa shape index (κ3) is 4.60. The van der Waals surface area contributed by atoms with Gasteiger partial charge in [0.1, 0.15) is 5.75 Å². The Balaban J connectivity index is 1.63. The molecule has 0 aliphatic heterocycles. The molecule has 0 radical (unpaired) electrons. The lowest BCUT2D eigenvalue weighted by Crippen LogP contribution is -2.09. The zero-order valence-electron chi connectivity index (χ0n) is 14.8. The molecule has 26 heavy (non-hydrogen) atoms. The second-order valence-corrected chi connectivity index (χ2v) is 5.98. The fourth-order valence-electron chi connectivity index (χ4n) is 2.59. The molecule has 1 aromatic heterocycles. The monoisotopic (exact) mass is 347 g/mol. The zero-order chi connectivity index (χ0) is 18.4. The van der Waals surface area contributed by atoms with Crippen molar-refractivity contribution in [3.8, 4) is 5.75 Å². The van der Waals surface area contributed by atoms with Crippen LogP contribution in [0, 0.1) is 6.92 Å². The topological polar surface area (TPSA) is 56.1 Å². The quantitative estimate of drug-likeness (QED) is 0.688. The van der Waals surface area contributed by atoms with E-state index in [-0.39, 0.29) is 5.91 Å². The molecular formula is C21H21N3O2. The molecule has 1 heterocycles. The maximum Gasteiger partial charge on any atom is 0.248 e. The first-order valence-electron chi connectivity index (χ1n) is 8.34. The number of carbonyl (C=O) groups excluding carboxylic acids is 1. The van der Waals surface area contributed by atoms with Crippen molar-refractivity contribution in [2.45, 2.75) is 13.5 Å². The summed E-state index contributed by atoms with van der Waals surface area (Å²) in [5, 5.41) is 7.17. The average molecular weight is 347 g/mol. The van der Waals surface area contributed by atoms with Gasteiger partial charge < -0.3 is 10.1 Å². The van der Waals surface area contributed by atoms with E-state index in [1.807, 2.05) is 54.2 Å². The maximum absolute atomic E-state index is 12.2. The number of benzene rings is 2. The SMILES string of the molecule is COc1ccc(C)cc1NC(=O)/C=C/c1cnn(Cc2ccccc2)c1. The summed E-state index contributed by atoms with van der Waals surface area (Å²) in [5.41, 5.74) is 3.75. The molecule has 0 aliphatic rings. The van der Waals surface area contributed by atoms with Gasteiger partial charge in [-0.3, -0.25) is 9.48 Å². The molecule has 5 heteroatoms. The van der Waals surface area contributed by atoms with E-state index in [2.05, 4.69) is 22.5 Å². The molecule has 0 spiro atoms. The number of amides is 1. The number of aromatic nitrogens is 2. The molecule has 1 amide bonds. The number of nitrogens with one attached hydrogen (secondary N) is 1. The Labute approximate surface area is 152 Å². The Bertz CT molecular complexity index is 914. The summed E-state index contributed by atoms with van der Waals surface area (Å²) >= 11 is 0. The lowest BCUT2D eigenvalue weighted by Gasteiger charge is -2.09. The van der Waals surface area contributed by atoms with Crippen LogP contribution in [0.3, 0.4) is 0 Å². The van der Waals surface area contributed by atoms with E-state index in [0.29, 0.717) is 18.0 Å². The predicted octanol–water partition coefficient (Wildman–Crippen LogP) is 3.90. The Kier molecular flexibility index (Phi) is 5.49. The molecule has 5 nitrogen and oxygen atoms in total. The van der Waals surface area contributed by atoms with Gasteiger partial charge in [-0.05, 0) is 36.3 Å². The van der Waals surface area contributed by atoms with Gasteiger partial charge in [-0.15, -0.1) is 0 Å². The van der Waals surface area contributed by atoms with Crippen LogP contribution in [0.25, 0.3) is 6.08 Å². The molecule has 0 saturated heterocycles. The number of anilines is 1. The highest BCUT2D eigenvalue weighted by Crippen LogP contribution is 2.25. The molecule has 0 saturated carbocycles. The molecule has 0 fully saturated rings. The van der Waals surface area contributed by atoms with Crippen LogP contribution in [-0.2, 0) is 11.3 Å². The first kappa shape index (κ1) is 17.5. The van der Waals surface area contributed by atoms with Crippen LogP contribution in [0.4, 0.5) is 5.69 Å². The minimum absolute atomic E-state index is 0.218. The highest BCUT2D eigenvalue weighted by Gasteiger charge is 2.06. The van der Waals surface area contributed by atoms with Crippen LogP contribution in [0.1, 0.15) is 16.7 Å². The van der Waals surface area contributed by atoms with Gasteiger partial charge in [-0.1, -0.05) is 36.4 Å². The van der Waals surface area contributed by atoms with E-state index >= 15 is 0 Å². The molecule has 0 unspecified atom stereocenters. The molecule has 3 aromatic rings. The van der Waals surface area contributed by atoms with Crippen LogP contribution >= 0.6 is 0 Å². The third-order valence-corrected chi connectivity index (χ3v) is 3.88. The maximum atomic E-state index is 12.2. The second-order valence-electron chi connectivity index (χ2n) is 5.98. The Morgan fingerprint density at radius 2 is 2.04 bits per heavy atom. The van der Waals surface area contributed by atoms with Crippen LogP contribution in [0.15, 0.2) is 67.0 Å². The number of ether oxygens (including phenoxy) is 1. The van der Waals surface area contributed by atoms with Crippen molar-refractivity contribution in [3.05, 3.63) is 83.7 Å². The van der Waals surface area contributed by atoms with Gasteiger partial charge in [-0.2, -0.15) is 5.10 Å². The van der Waals surface area contributed by atoms with Crippen molar-refractivity contribution in [3.63, 3.8) is 0 Å². The van der Waals surface area contributed by atoms with Crippen molar-refractivity contribution in [2.24, 2.45) is 0 Å². The summed E-state index contributed by atoms with van der Waals surface area (Å²) in [6.45, 7) is 2.66. The first-order chi connectivity index (χ1) is 12.6. The smallest absolute Gasteiger partial charge is 0.248 e. The summed E-state index contributed by atoms with van der Waals surface area (Å²) in [6.07, 6.45) is 6.88. The third-order valence-electron chi connectivity index (χ3n) is 3.88. The number of carbonyl (C=O) groups is 1. The van der Waals surface area contributed by atoms with Crippen molar-refractivity contribution in [2.75, 3.05) is 12.4 Å². The summed E-state index contributed by atoms with van der Waals surface area (Å²) in [6, 6.07) is 15.8. The standard InChI is InChI=1S/C21H21N3O2/c1-16-8-10-20(26-2)19(12-16)23-21(25)11-9-18-13-22-24(15-18)14-17-6-4-3-5-7-17/h3-13,15H,14H2,1-2H3,(H,23,25)/b11-9+. The first-order valence-corrected chi connectivity index (χ1v) is 8.34. The van der Waals surface area contributed by atoms with Gasteiger partial charge in [0.05, 0.1) is 25.5 Å². The van der Waals surface area contributed by atoms with Crippen LogP contribution < -0.4 is 10.1 Å². The molecule has 1 N–H and O–H groups in total. The normalized spacial score (nSPS) is 10.8. The number of hydrogen-bond acceptors (Lipinski definition) is 3. The van der Waals surface area contributed by atoms with Crippen LogP contribution in [0.2, 0.25) is 0 Å². The largest absolute Gasteiger partial charge is 0.495 e. The fraction of sp³-hybridized carbons (Fsp3) is 0.143. The van der Waals surface area contributed by atoms with Gasteiger partial charge in [0.25, 0.3) is 0 Å². The molecule has 3 rings (SSSR count). The van der Waals surface area contributed by atoms with E-state index in [4.69, 9.17) is 4.74 Å². The van der Waals surface area contributed by atoms with Crippen molar-refractivity contribution in [1.82, 2.24) is 9.78 Å². The number of nitrogens with zero attached hydrogens (tertiary/aromatic N) is 2. The van der Waals surface area contributed by atoms with E-state index < -0.39 is 0 Å². The summed E-state index contributed by atoms with van der Waals surface area (Å²) in [4.78, 5) is 12.2. The van der Waals surface area contributed by atoms with Crippen molar-refractivity contribution >= 4 is 17.7 Å². The van der Waals surface area contributed by atoms with Gasteiger partial charge in [0, 0.05) is 17.8 Å². The number of rotatable bonds is 6. The van der Waals surface area contributed by atoms with Gasteiger partial charge in [0.15, 0.2) is 0 Å². The summed E-state index contributed by atoms with van der Waals surface area (Å²) < 4.78 is 7.12.